The first-order valence-electron chi connectivity index (χ1n) is 7.63. The van der Waals surface area contributed by atoms with E-state index in [4.69, 9.17) is 4.74 Å². The minimum atomic E-state index is -0.524. The quantitative estimate of drug-likeness (QED) is 0.814. The lowest BCUT2D eigenvalue weighted by molar-refractivity contribution is 0.00337. The molecule has 0 heterocycles. The van der Waals surface area contributed by atoms with Crippen molar-refractivity contribution in [3.05, 3.63) is 0 Å². The second-order valence-corrected chi connectivity index (χ2v) is 7.13. The van der Waals surface area contributed by atoms with Crippen LogP contribution in [0.15, 0.2) is 0 Å². The minimum absolute atomic E-state index is 0.0372. The molecule has 0 aliphatic heterocycles. The summed E-state index contributed by atoms with van der Waals surface area (Å²) in [5.74, 6) is 0. The van der Waals surface area contributed by atoms with E-state index >= 15 is 0 Å². The molecule has 4 unspecified atom stereocenters. The van der Waals surface area contributed by atoms with E-state index in [2.05, 4.69) is 0 Å². The molecule has 0 bridgehead atoms. The largest absolute Gasteiger partial charge is 0.444 e. The van der Waals surface area contributed by atoms with Crippen LogP contribution in [0.25, 0.3) is 0 Å². The van der Waals surface area contributed by atoms with Crippen LogP contribution in [-0.4, -0.2) is 51.1 Å². The van der Waals surface area contributed by atoms with Gasteiger partial charge in [-0.05, 0) is 59.3 Å². The summed E-state index contributed by atoms with van der Waals surface area (Å²) in [5, 5.41) is 19.5. The molecule has 0 spiro atoms. The van der Waals surface area contributed by atoms with Gasteiger partial charge in [-0.15, -0.1) is 0 Å². The number of ether oxygens (including phenoxy) is 1. The third kappa shape index (κ3) is 3.85. The smallest absolute Gasteiger partial charge is 0.410 e. The highest BCUT2D eigenvalue weighted by Crippen LogP contribution is 2.33. The van der Waals surface area contributed by atoms with Crippen LogP contribution in [-0.2, 0) is 4.74 Å². The van der Waals surface area contributed by atoms with Crippen molar-refractivity contribution in [1.82, 2.24) is 4.90 Å². The SMILES string of the molecule is CC(C)(C)OC(=O)N(C1CCC(O)C1)C1CCC(O)C1. The average Bonchev–Trinajstić information content (AvgIpc) is 2.86. The number of hydrogen-bond acceptors (Lipinski definition) is 4. The molecule has 2 fully saturated rings. The van der Waals surface area contributed by atoms with Crippen molar-refractivity contribution < 1.29 is 19.7 Å². The lowest BCUT2D eigenvalue weighted by atomic mass is 10.1. The van der Waals surface area contributed by atoms with Crippen LogP contribution in [0.4, 0.5) is 4.79 Å². The summed E-state index contributed by atoms with van der Waals surface area (Å²) in [6.45, 7) is 5.57. The zero-order valence-corrected chi connectivity index (χ0v) is 12.7. The zero-order chi connectivity index (χ0) is 14.9. The molecule has 2 saturated carbocycles. The summed E-state index contributed by atoms with van der Waals surface area (Å²) < 4.78 is 5.52. The van der Waals surface area contributed by atoms with Gasteiger partial charge in [-0.2, -0.15) is 0 Å². The van der Waals surface area contributed by atoms with Crippen molar-refractivity contribution in [1.29, 1.82) is 0 Å². The Labute approximate surface area is 120 Å². The van der Waals surface area contributed by atoms with Crippen molar-refractivity contribution in [2.45, 2.75) is 89.2 Å². The number of nitrogens with zero attached hydrogens (tertiary/aromatic N) is 1. The van der Waals surface area contributed by atoms with Gasteiger partial charge in [-0.1, -0.05) is 0 Å². The Morgan fingerprint density at radius 2 is 1.45 bits per heavy atom. The number of hydrogen-bond donors (Lipinski definition) is 2. The molecule has 0 aromatic carbocycles. The Balaban J connectivity index is 2.09. The normalized spacial score (nSPS) is 34.2. The second-order valence-electron chi connectivity index (χ2n) is 7.13. The fourth-order valence-corrected chi connectivity index (χ4v) is 3.29. The third-order valence-electron chi connectivity index (χ3n) is 4.15. The van der Waals surface area contributed by atoms with Gasteiger partial charge in [0.05, 0.1) is 12.2 Å². The number of aliphatic hydroxyl groups is 2. The maximum Gasteiger partial charge on any atom is 0.410 e. The lowest BCUT2D eigenvalue weighted by Gasteiger charge is -2.36. The van der Waals surface area contributed by atoms with Crippen molar-refractivity contribution in [2.75, 3.05) is 0 Å². The van der Waals surface area contributed by atoms with Crippen LogP contribution < -0.4 is 0 Å². The summed E-state index contributed by atoms with van der Waals surface area (Å²) in [5.41, 5.74) is -0.524. The molecule has 2 rings (SSSR count). The van der Waals surface area contributed by atoms with Gasteiger partial charge in [0, 0.05) is 12.1 Å². The predicted octanol–water partition coefficient (Wildman–Crippen LogP) is 2.05. The first-order valence-corrected chi connectivity index (χ1v) is 7.63. The maximum atomic E-state index is 12.5. The molecular weight excluding hydrogens is 258 g/mol. The standard InChI is InChI=1S/C15H27NO4/c1-15(2,3)20-14(19)16(10-4-6-12(17)8-10)11-5-7-13(18)9-11/h10-13,17-18H,4-9H2,1-3H3. The van der Waals surface area contributed by atoms with Gasteiger partial charge in [0.2, 0.25) is 0 Å². The summed E-state index contributed by atoms with van der Waals surface area (Å²) in [6, 6.07) is 0.0744. The zero-order valence-electron chi connectivity index (χ0n) is 12.7. The molecule has 2 N–H and O–H groups in total. The number of carbonyl (C=O) groups is 1. The first kappa shape index (κ1) is 15.6. The second kappa shape index (κ2) is 5.90. The van der Waals surface area contributed by atoms with E-state index in [9.17, 15) is 15.0 Å². The third-order valence-corrected chi connectivity index (χ3v) is 4.15. The topological polar surface area (TPSA) is 70.0 Å². The average molecular weight is 285 g/mol. The fraction of sp³-hybridized carbons (Fsp3) is 0.933. The molecule has 20 heavy (non-hydrogen) atoms. The predicted molar refractivity (Wildman–Crippen MR) is 75.4 cm³/mol. The van der Waals surface area contributed by atoms with Crippen LogP contribution in [0, 0.1) is 0 Å². The minimum Gasteiger partial charge on any atom is -0.444 e. The van der Waals surface area contributed by atoms with E-state index < -0.39 is 5.60 Å². The van der Waals surface area contributed by atoms with Crippen molar-refractivity contribution >= 4 is 6.09 Å². The Hall–Kier alpha value is -0.810. The summed E-state index contributed by atoms with van der Waals surface area (Å²) in [4.78, 5) is 14.3. The summed E-state index contributed by atoms with van der Waals surface area (Å²) in [7, 11) is 0. The highest BCUT2D eigenvalue weighted by molar-refractivity contribution is 5.69. The molecule has 0 aromatic rings. The Morgan fingerprint density at radius 3 is 1.75 bits per heavy atom. The highest BCUT2D eigenvalue weighted by atomic mass is 16.6. The van der Waals surface area contributed by atoms with E-state index in [1.807, 2.05) is 20.8 Å². The van der Waals surface area contributed by atoms with Gasteiger partial charge in [0.25, 0.3) is 0 Å². The van der Waals surface area contributed by atoms with Crippen LogP contribution in [0.1, 0.15) is 59.3 Å². The van der Waals surface area contributed by atoms with Gasteiger partial charge in [-0.3, -0.25) is 0 Å². The van der Waals surface area contributed by atoms with Gasteiger partial charge >= 0.3 is 6.09 Å². The van der Waals surface area contributed by atoms with Crippen LogP contribution in [0.2, 0.25) is 0 Å². The van der Waals surface area contributed by atoms with Crippen molar-refractivity contribution in [3.8, 4) is 0 Å². The molecule has 2 aliphatic carbocycles. The number of carbonyl (C=O) groups excluding carboxylic acids is 1. The lowest BCUT2D eigenvalue weighted by Crippen LogP contribution is -2.48. The van der Waals surface area contributed by atoms with E-state index in [0.29, 0.717) is 12.8 Å². The van der Waals surface area contributed by atoms with Gasteiger partial charge in [0.1, 0.15) is 5.60 Å². The number of rotatable bonds is 2. The van der Waals surface area contributed by atoms with Crippen LogP contribution in [0.5, 0.6) is 0 Å². The molecule has 4 atom stereocenters. The molecule has 1 amide bonds. The van der Waals surface area contributed by atoms with E-state index in [-0.39, 0.29) is 30.4 Å². The van der Waals surface area contributed by atoms with Crippen molar-refractivity contribution in [3.63, 3.8) is 0 Å². The molecular formula is C15H27NO4. The molecule has 0 radical (unpaired) electrons. The number of amides is 1. The summed E-state index contributed by atoms with van der Waals surface area (Å²) in [6.07, 6.45) is 3.37. The maximum absolute atomic E-state index is 12.5. The van der Waals surface area contributed by atoms with E-state index in [0.717, 1.165) is 25.7 Å². The molecule has 0 saturated heterocycles. The fourth-order valence-electron chi connectivity index (χ4n) is 3.29. The van der Waals surface area contributed by atoms with E-state index in [1.54, 1.807) is 4.90 Å². The molecule has 2 aliphatic rings. The van der Waals surface area contributed by atoms with Gasteiger partial charge in [0.15, 0.2) is 0 Å². The molecule has 5 heteroatoms. The number of aliphatic hydroxyl groups excluding tert-OH is 2. The van der Waals surface area contributed by atoms with Gasteiger partial charge < -0.3 is 19.8 Å². The Kier molecular flexibility index (Phi) is 4.59. The van der Waals surface area contributed by atoms with E-state index in [1.165, 1.54) is 0 Å². The molecule has 5 nitrogen and oxygen atoms in total. The summed E-state index contributed by atoms with van der Waals surface area (Å²) >= 11 is 0. The molecule has 0 aromatic heterocycles. The van der Waals surface area contributed by atoms with Crippen LogP contribution in [0.3, 0.4) is 0 Å². The monoisotopic (exact) mass is 285 g/mol. The highest BCUT2D eigenvalue weighted by Gasteiger charge is 2.40. The van der Waals surface area contributed by atoms with Crippen molar-refractivity contribution in [2.24, 2.45) is 0 Å². The molecule has 116 valence electrons. The van der Waals surface area contributed by atoms with Crippen LogP contribution >= 0.6 is 0 Å². The Morgan fingerprint density at radius 1 is 1.00 bits per heavy atom. The first-order chi connectivity index (χ1) is 9.26. The van der Waals surface area contributed by atoms with Gasteiger partial charge in [-0.25, -0.2) is 4.79 Å². The Bertz CT molecular complexity index is 332.